The SMILES string of the molecule is Cc1ccc(C2(C)NC(=O)N(CC(=O)Nc3ncc(Cc4ccc(C)c(Cl)c4)s3)C2=O)cc1. The molecule has 9 heteroatoms. The molecule has 1 fully saturated rings. The number of amides is 4. The smallest absolute Gasteiger partial charge is 0.319 e. The maximum atomic E-state index is 13.0. The standard InChI is InChI=1S/C24H23ClN4O3S/c1-14-4-8-17(9-5-14)24(3)21(31)29(23(32)28-24)13-20(30)27-22-26-12-18(33-22)10-16-7-6-15(2)19(25)11-16/h4-9,11-12H,10,13H2,1-3H3,(H,28,32)(H,26,27,30). The number of aryl methyl sites for hydroxylation is 2. The normalized spacial score (nSPS) is 17.9. The number of nitrogens with one attached hydrogen (secondary N) is 2. The number of thiazole rings is 1. The molecule has 33 heavy (non-hydrogen) atoms. The molecule has 1 saturated heterocycles. The summed E-state index contributed by atoms with van der Waals surface area (Å²) in [6.45, 7) is 5.13. The average molecular weight is 483 g/mol. The Morgan fingerprint density at radius 3 is 2.61 bits per heavy atom. The molecule has 0 bridgehead atoms. The number of benzene rings is 2. The van der Waals surface area contributed by atoms with Crippen molar-refractivity contribution in [2.75, 3.05) is 11.9 Å². The number of halogens is 1. The van der Waals surface area contributed by atoms with Gasteiger partial charge in [0.05, 0.1) is 0 Å². The van der Waals surface area contributed by atoms with Gasteiger partial charge in [-0.2, -0.15) is 0 Å². The van der Waals surface area contributed by atoms with Crippen LogP contribution in [0.5, 0.6) is 0 Å². The highest BCUT2D eigenvalue weighted by Gasteiger charge is 2.49. The van der Waals surface area contributed by atoms with Crippen LogP contribution in [0.3, 0.4) is 0 Å². The van der Waals surface area contributed by atoms with Crippen molar-refractivity contribution in [3.05, 3.63) is 80.8 Å². The van der Waals surface area contributed by atoms with E-state index >= 15 is 0 Å². The van der Waals surface area contributed by atoms with Gasteiger partial charge in [0.15, 0.2) is 5.13 Å². The van der Waals surface area contributed by atoms with Crippen LogP contribution in [0.2, 0.25) is 5.02 Å². The summed E-state index contributed by atoms with van der Waals surface area (Å²) in [6, 6.07) is 12.6. The quantitative estimate of drug-likeness (QED) is 0.509. The fourth-order valence-electron chi connectivity index (χ4n) is 3.62. The third-order valence-corrected chi connectivity index (χ3v) is 6.94. The Kier molecular flexibility index (Phi) is 6.23. The Labute approximate surface area is 200 Å². The third-order valence-electron chi connectivity index (χ3n) is 5.62. The van der Waals surface area contributed by atoms with Gasteiger partial charge in [-0.15, -0.1) is 11.3 Å². The topological polar surface area (TPSA) is 91.4 Å². The molecule has 2 N–H and O–H groups in total. The largest absolute Gasteiger partial charge is 0.325 e. The molecule has 7 nitrogen and oxygen atoms in total. The molecular weight excluding hydrogens is 460 g/mol. The lowest BCUT2D eigenvalue weighted by molar-refractivity contribution is -0.133. The molecule has 170 valence electrons. The summed E-state index contributed by atoms with van der Waals surface area (Å²) in [5.74, 6) is -0.964. The van der Waals surface area contributed by atoms with Crippen LogP contribution < -0.4 is 10.6 Å². The molecule has 2 heterocycles. The second kappa shape index (κ2) is 8.96. The minimum Gasteiger partial charge on any atom is -0.319 e. The van der Waals surface area contributed by atoms with Gasteiger partial charge in [-0.1, -0.05) is 53.6 Å². The van der Waals surface area contributed by atoms with Crippen molar-refractivity contribution in [3.63, 3.8) is 0 Å². The van der Waals surface area contributed by atoms with Gasteiger partial charge in [-0.05, 0) is 43.5 Å². The van der Waals surface area contributed by atoms with Crippen molar-refractivity contribution in [2.45, 2.75) is 32.7 Å². The number of urea groups is 1. The van der Waals surface area contributed by atoms with E-state index in [1.165, 1.54) is 11.3 Å². The lowest BCUT2D eigenvalue weighted by Crippen LogP contribution is -2.42. The second-order valence-corrected chi connectivity index (χ2v) is 9.78. The number of carbonyl (C=O) groups is 3. The van der Waals surface area contributed by atoms with Crippen LogP contribution in [0.1, 0.15) is 34.1 Å². The Hall–Kier alpha value is -3.23. The lowest BCUT2D eigenvalue weighted by Gasteiger charge is -2.22. The van der Waals surface area contributed by atoms with Crippen LogP contribution >= 0.6 is 22.9 Å². The van der Waals surface area contributed by atoms with Crippen LogP contribution in [0.4, 0.5) is 9.93 Å². The zero-order valence-corrected chi connectivity index (χ0v) is 20.0. The van der Waals surface area contributed by atoms with Gasteiger partial charge >= 0.3 is 6.03 Å². The summed E-state index contributed by atoms with van der Waals surface area (Å²) in [4.78, 5) is 44.2. The Bertz CT molecular complexity index is 1240. The van der Waals surface area contributed by atoms with E-state index in [1.54, 1.807) is 25.3 Å². The van der Waals surface area contributed by atoms with Crippen molar-refractivity contribution in [1.82, 2.24) is 15.2 Å². The van der Waals surface area contributed by atoms with Gasteiger partial charge in [0.1, 0.15) is 12.1 Å². The molecule has 3 aromatic rings. The summed E-state index contributed by atoms with van der Waals surface area (Å²) in [5.41, 5.74) is 2.55. The first-order valence-electron chi connectivity index (χ1n) is 10.4. The average Bonchev–Trinajstić information content (AvgIpc) is 3.28. The van der Waals surface area contributed by atoms with Crippen molar-refractivity contribution in [1.29, 1.82) is 0 Å². The van der Waals surface area contributed by atoms with Gasteiger partial charge in [-0.25, -0.2) is 9.78 Å². The van der Waals surface area contributed by atoms with E-state index in [-0.39, 0.29) is 0 Å². The Balaban J connectivity index is 1.39. The molecular formula is C24H23ClN4O3S. The molecule has 0 radical (unpaired) electrons. The number of aromatic nitrogens is 1. The molecule has 2 aromatic carbocycles. The molecule has 4 amide bonds. The molecule has 1 atom stereocenters. The summed E-state index contributed by atoms with van der Waals surface area (Å²) in [5, 5.41) is 6.50. The molecule has 1 unspecified atom stereocenters. The minimum atomic E-state index is -1.21. The first kappa shape index (κ1) is 22.9. The van der Waals surface area contributed by atoms with E-state index < -0.39 is 29.9 Å². The number of hydrogen-bond donors (Lipinski definition) is 2. The second-order valence-electron chi connectivity index (χ2n) is 8.25. The molecule has 1 aliphatic rings. The van der Waals surface area contributed by atoms with Crippen molar-refractivity contribution < 1.29 is 14.4 Å². The van der Waals surface area contributed by atoms with Crippen molar-refractivity contribution >= 4 is 45.9 Å². The van der Waals surface area contributed by atoms with Gasteiger partial charge in [0.2, 0.25) is 5.91 Å². The summed E-state index contributed by atoms with van der Waals surface area (Å²) in [7, 11) is 0. The predicted molar refractivity (Wildman–Crippen MR) is 129 cm³/mol. The number of nitrogens with zero attached hydrogens (tertiary/aromatic N) is 2. The van der Waals surface area contributed by atoms with E-state index in [1.807, 2.05) is 44.2 Å². The monoisotopic (exact) mass is 482 g/mol. The van der Waals surface area contributed by atoms with Crippen LogP contribution in [0, 0.1) is 13.8 Å². The van der Waals surface area contributed by atoms with Crippen LogP contribution in [0.25, 0.3) is 0 Å². The summed E-state index contributed by atoms with van der Waals surface area (Å²) < 4.78 is 0. The molecule has 0 aliphatic carbocycles. The predicted octanol–water partition coefficient (Wildman–Crippen LogP) is 4.41. The van der Waals surface area contributed by atoms with Crippen LogP contribution in [-0.4, -0.2) is 34.3 Å². The van der Waals surface area contributed by atoms with E-state index in [4.69, 9.17) is 11.6 Å². The van der Waals surface area contributed by atoms with Gasteiger partial charge in [0.25, 0.3) is 5.91 Å². The molecule has 1 aromatic heterocycles. The van der Waals surface area contributed by atoms with Gasteiger partial charge < -0.3 is 10.6 Å². The summed E-state index contributed by atoms with van der Waals surface area (Å²) in [6.07, 6.45) is 2.33. The molecule has 1 aliphatic heterocycles. The van der Waals surface area contributed by atoms with E-state index in [9.17, 15) is 14.4 Å². The van der Waals surface area contributed by atoms with Crippen LogP contribution in [-0.2, 0) is 21.5 Å². The van der Waals surface area contributed by atoms with E-state index in [0.29, 0.717) is 22.1 Å². The minimum absolute atomic E-state index is 0.394. The van der Waals surface area contributed by atoms with E-state index in [2.05, 4.69) is 15.6 Å². The van der Waals surface area contributed by atoms with Crippen LogP contribution in [0.15, 0.2) is 48.7 Å². The Morgan fingerprint density at radius 2 is 1.91 bits per heavy atom. The van der Waals surface area contributed by atoms with Crippen molar-refractivity contribution in [2.24, 2.45) is 0 Å². The van der Waals surface area contributed by atoms with Gasteiger partial charge in [-0.3, -0.25) is 14.5 Å². The highest BCUT2D eigenvalue weighted by atomic mass is 35.5. The molecule has 4 rings (SSSR count). The number of rotatable bonds is 6. The highest BCUT2D eigenvalue weighted by molar-refractivity contribution is 7.15. The third kappa shape index (κ3) is 4.77. The van der Waals surface area contributed by atoms with Gasteiger partial charge in [0, 0.05) is 22.5 Å². The maximum Gasteiger partial charge on any atom is 0.325 e. The van der Waals surface area contributed by atoms with Crippen molar-refractivity contribution in [3.8, 4) is 0 Å². The zero-order chi connectivity index (χ0) is 23.8. The number of imide groups is 1. The lowest BCUT2D eigenvalue weighted by atomic mass is 9.91. The first-order chi connectivity index (χ1) is 15.7. The number of carbonyl (C=O) groups excluding carboxylic acids is 3. The molecule has 0 saturated carbocycles. The number of anilines is 1. The number of hydrogen-bond acceptors (Lipinski definition) is 5. The zero-order valence-electron chi connectivity index (χ0n) is 18.4. The first-order valence-corrected chi connectivity index (χ1v) is 11.6. The van der Waals surface area contributed by atoms with E-state index in [0.717, 1.165) is 26.5 Å². The highest BCUT2D eigenvalue weighted by Crippen LogP contribution is 2.29. The fraction of sp³-hybridized carbons (Fsp3) is 0.250. The fourth-order valence-corrected chi connectivity index (χ4v) is 4.69. The Morgan fingerprint density at radius 1 is 1.18 bits per heavy atom. The molecule has 0 spiro atoms. The maximum absolute atomic E-state index is 13.0. The summed E-state index contributed by atoms with van der Waals surface area (Å²) >= 11 is 7.52.